The van der Waals surface area contributed by atoms with Gasteiger partial charge in [-0.3, -0.25) is 4.79 Å². The number of carbonyl (C=O) groups is 1. The lowest BCUT2D eigenvalue weighted by Crippen LogP contribution is -2.30. The van der Waals surface area contributed by atoms with Crippen LogP contribution in [-0.2, 0) is 17.9 Å². The third-order valence-corrected chi connectivity index (χ3v) is 3.52. The number of nitriles is 1. The van der Waals surface area contributed by atoms with Gasteiger partial charge in [0.2, 0.25) is 5.91 Å². The first kappa shape index (κ1) is 15.3. The zero-order chi connectivity index (χ0) is 15.4. The quantitative estimate of drug-likeness (QED) is 0.863. The van der Waals surface area contributed by atoms with Crippen LogP contribution in [0.3, 0.4) is 0 Å². The normalized spacial score (nSPS) is 10.2. The Bertz CT molecular complexity index is 687. The van der Waals surface area contributed by atoms with Crippen LogP contribution in [0.2, 0.25) is 10.0 Å². The van der Waals surface area contributed by atoms with Crippen molar-refractivity contribution in [1.29, 1.82) is 5.26 Å². The molecule has 0 unspecified atom stereocenters. The van der Waals surface area contributed by atoms with Gasteiger partial charge < -0.3 is 4.90 Å². The highest BCUT2D eigenvalue weighted by Crippen LogP contribution is 2.25. The minimum absolute atomic E-state index is 0.00669. The van der Waals surface area contributed by atoms with Crippen molar-refractivity contribution in [2.24, 2.45) is 0 Å². The van der Waals surface area contributed by atoms with Gasteiger partial charge in [0.25, 0.3) is 5.82 Å². The maximum absolute atomic E-state index is 12.1. The van der Waals surface area contributed by atoms with Gasteiger partial charge in [-0.25, -0.2) is 9.67 Å². The first-order chi connectivity index (χ1) is 10.0. The molecule has 8 heteroatoms. The van der Waals surface area contributed by atoms with Gasteiger partial charge in [-0.15, -0.1) is 5.10 Å². The number of aromatic nitrogens is 3. The third-order valence-electron chi connectivity index (χ3n) is 2.82. The second kappa shape index (κ2) is 6.57. The molecule has 1 aromatic carbocycles. The van der Waals surface area contributed by atoms with E-state index in [-0.39, 0.29) is 24.8 Å². The molecule has 1 amide bonds. The highest BCUT2D eigenvalue weighted by Gasteiger charge is 2.14. The molecule has 0 aliphatic carbocycles. The smallest absolute Gasteiger partial charge is 0.252 e. The van der Waals surface area contributed by atoms with Gasteiger partial charge in [0.1, 0.15) is 18.9 Å². The van der Waals surface area contributed by atoms with Crippen molar-refractivity contribution in [3.63, 3.8) is 0 Å². The third kappa shape index (κ3) is 3.72. The van der Waals surface area contributed by atoms with E-state index in [4.69, 9.17) is 28.5 Å². The number of rotatable bonds is 4. The van der Waals surface area contributed by atoms with E-state index in [1.165, 1.54) is 15.9 Å². The lowest BCUT2D eigenvalue weighted by molar-refractivity contribution is -0.131. The molecule has 21 heavy (non-hydrogen) atoms. The average molecular weight is 324 g/mol. The molecule has 0 saturated carbocycles. The summed E-state index contributed by atoms with van der Waals surface area (Å²) in [5.41, 5.74) is 0.688. The van der Waals surface area contributed by atoms with Gasteiger partial charge in [-0.05, 0) is 12.1 Å². The summed E-state index contributed by atoms with van der Waals surface area (Å²) in [6.45, 7) is 0.282. The van der Waals surface area contributed by atoms with Gasteiger partial charge in [-0.2, -0.15) is 5.26 Å². The maximum Gasteiger partial charge on any atom is 0.252 e. The van der Waals surface area contributed by atoms with Gasteiger partial charge in [-0.1, -0.05) is 29.3 Å². The Morgan fingerprint density at radius 2 is 2.10 bits per heavy atom. The molecule has 6 nitrogen and oxygen atoms in total. The van der Waals surface area contributed by atoms with E-state index >= 15 is 0 Å². The molecule has 0 atom stereocenters. The Morgan fingerprint density at radius 3 is 2.67 bits per heavy atom. The number of halogens is 2. The molecule has 1 aromatic heterocycles. The number of hydrogen-bond donors (Lipinski definition) is 0. The molecule has 1 heterocycles. The maximum atomic E-state index is 12.1. The predicted molar refractivity (Wildman–Crippen MR) is 77.7 cm³/mol. The molecule has 2 rings (SSSR count). The first-order valence-electron chi connectivity index (χ1n) is 5.97. The second-order valence-corrected chi connectivity index (χ2v) is 5.14. The van der Waals surface area contributed by atoms with Crippen LogP contribution in [0, 0.1) is 11.3 Å². The van der Waals surface area contributed by atoms with Crippen molar-refractivity contribution in [2.75, 3.05) is 7.05 Å². The number of amides is 1. The van der Waals surface area contributed by atoms with Crippen molar-refractivity contribution < 1.29 is 4.79 Å². The number of hydrogen-bond acceptors (Lipinski definition) is 4. The Morgan fingerprint density at radius 1 is 1.43 bits per heavy atom. The number of nitrogens with zero attached hydrogens (tertiary/aromatic N) is 5. The zero-order valence-corrected chi connectivity index (χ0v) is 12.6. The Labute approximate surface area is 131 Å². The van der Waals surface area contributed by atoms with Crippen molar-refractivity contribution in [1.82, 2.24) is 19.7 Å². The molecule has 2 aromatic rings. The van der Waals surface area contributed by atoms with E-state index in [1.807, 2.05) is 0 Å². The summed E-state index contributed by atoms with van der Waals surface area (Å²) in [5.74, 6) is -0.167. The molecule has 0 bridgehead atoms. The molecule has 0 N–H and O–H groups in total. The molecule has 0 spiro atoms. The summed E-state index contributed by atoms with van der Waals surface area (Å²) in [6, 6.07) is 6.99. The van der Waals surface area contributed by atoms with E-state index in [9.17, 15) is 4.79 Å². The number of benzene rings is 1. The monoisotopic (exact) mass is 323 g/mol. The van der Waals surface area contributed by atoms with Gasteiger partial charge in [0.15, 0.2) is 0 Å². The topological polar surface area (TPSA) is 74.8 Å². The minimum Gasteiger partial charge on any atom is -0.340 e. The average Bonchev–Trinajstić information content (AvgIpc) is 2.90. The van der Waals surface area contributed by atoms with Gasteiger partial charge in [0.05, 0.1) is 0 Å². The second-order valence-electron chi connectivity index (χ2n) is 4.33. The van der Waals surface area contributed by atoms with E-state index in [0.717, 1.165) is 0 Å². The highest BCUT2D eigenvalue weighted by atomic mass is 35.5. The fourth-order valence-corrected chi connectivity index (χ4v) is 2.21. The van der Waals surface area contributed by atoms with Gasteiger partial charge in [0, 0.05) is 29.2 Å². The summed E-state index contributed by atoms with van der Waals surface area (Å²) in [4.78, 5) is 17.3. The minimum atomic E-state index is -0.194. The Kier molecular flexibility index (Phi) is 4.78. The molecular weight excluding hydrogens is 313 g/mol. The molecule has 0 radical (unpaired) electrons. The first-order valence-corrected chi connectivity index (χ1v) is 6.73. The lowest BCUT2D eigenvalue weighted by Gasteiger charge is -2.18. The van der Waals surface area contributed by atoms with Crippen LogP contribution in [0.4, 0.5) is 0 Å². The summed E-state index contributed by atoms with van der Waals surface area (Å²) >= 11 is 12.1. The summed E-state index contributed by atoms with van der Waals surface area (Å²) in [6.07, 6.45) is 1.34. The fraction of sp³-hybridized carbons (Fsp3) is 0.231. The highest BCUT2D eigenvalue weighted by molar-refractivity contribution is 6.36. The van der Waals surface area contributed by atoms with Crippen molar-refractivity contribution in [3.8, 4) is 6.07 Å². The molecule has 0 aliphatic rings. The number of likely N-dealkylation sites (N-methyl/N-ethyl adjacent to an activating group) is 1. The van der Waals surface area contributed by atoms with E-state index < -0.39 is 0 Å². The van der Waals surface area contributed by atoms with Crippen molar-refractivity contribution in [2.45, 2.75) is 13.1 Å². The van der Waals surface area contributed by atoms with Crippen LogP contribution < -0.4 is 0 Å². The SMILES string of the molecule is CN(Cc1c(Cl)cccc1Cl)C(=O)Cn1cnc(C#N)n1. The van der Waals surface area contributed by atoms with E-state index in [1.54, 1.807) is 31.3 Å². The molecular formula is C13H11Cl2N5O. The van der Waals surface area contributed by atoms with Crippen LogP contribution in [0.1, 0.15) is 11.4 Å². The molecule has 0 saturated heterocycles. The van der Waals surface area contributed by atoms with Crippen molar-refractivity contribution >= 4 is 29.1 Å². The lowest BCUT2D eigenvalue weighted by atomic mass is 10.2. The summed E-state index contributed by atoms with van der Waals surface area (Å²) in [7, 11) is 1.64. The fourth-order valence-electron chi connectivity index (χ4n) is 1.69. The van der Waals surface area contributed by atoms with Gasteiger partial charge >= 0.3 is 0 Å². The molecule has 0 fully saturated rings. The predicted octanol–water partition coefficient (Wildman–Crippen LogP) is 2.12. The standard InChI is InChI=1S/C13H11Cl2N5O/c1-19(6-9-10(14)3-2-4-11(9)15)13(21)7-20-8-17-12(5-16)18-20/h2-4,8H,6-7H2,1H3. The van der Waals surface area contributed by atoms with Crippen LogP contribution >= 0.6 is 23.2 Å². The van der Waals surface area contributed by atoms with E-state index in [0.29, 0.717) is 15.6 Å². The Balaban J connectivity index is 2.04. The molecule has 0 aliphatic heterocycles. The van der Waals surface area contributed by atoms with Crippen molar-refractivity contribution in [3.05, 3.63) is 46.0 Å². The number of carbonyl (C=O) groups excluding carboxylic acids is 1. The summed E-state index contributed by atoms with van der Waals surface area (Å²) in [5, 5.41) is 13.5. The van der Waals surface area contributed by atoms with Crippen LogP contribution in [-0.4, -0.2) is 32.6 Å². The Hall–Kier alpha value is -2.10. The van der Waals surface area contributed by atoms with Crippen LogP contribution in [0.5, 0.6) is 0 Å². The zero-order valence-electron chi connectivity index (χ0n) is 11.1. The largest absolute Gasteiger partial charge is 0.340 e. The molecule has 108 valence electrons. The van der Waals surface area contributed by atoms with E-state index in [2.05, 4.69) is 10.1 Å². The van der Waals surface area contributed by atoms with Crippen LogP contribution in [0.25, 0.3) is 0 Å². The summed E-state index contributed by atoms with van der Waals surface area (Å²) < 4.78 is 1.31. The van der Waals surface area contributed by atoms with Crippen LogP contribution in [0.15, 0.2) is 24.5 Å².